The van der Waals surface area contributed by atoms with Crippen molar-refractivity contribution < 1.29 is 9.18 Å². The smallest absolute Gasteiger partial charge is 0.329 e. The van der Waals surface area contributed by atoms with Crippen LogP contribution in [0.2, 0.25) is 0 Å². The minimum atomic E-state index is -0.903. The van der Waals surface area contributed by atoms with Crippen LogP contribution in [-0.4, -0.2) is 20.4 Å². The third-order valence-corrected chi connectivity index (χ3v) is 5.13. The average Bonchev–Trinajstić information content (AvgIpc) is 2.79. The average molecular weight is 430 g/mol. The number of H-pyrrole nitrogens is 1. The van der Waals surface area contributed by atoms with Crippen LogP contribution in [0, 0.1) is 5.82 Å². The van der Waals surface area contributed by atoms with Crippen molar-refractivity contribution in [3.05, 3.63) is 122 Å². The molecule has 160 valence electrons. The largest absolute Gasteiger partial charge is 0.364 e. The molecule has 0 fully saturated rings. The Morgan fingerprint density at radius 3 is 2.41 bits per heavy atom. The number of hydrogen-bond donors (Lipinski definition) is 2. The van der Waals surface area contributed by atoms with E-state index in [0.29, 0.717) is 23.2 Å². The third kappa shape index (κ3) is 4.24. The Balaban J connectivity index is 1.93. The van der Waals surface area contributed by atoms with Crippen LogP contribution in [0.4, 0.5) is 4.39 Å². The minimum Gasteiger partial charge on any atom is -0.364 e. The maximum Gasteiger partial charge on any atom is 0.329 e. The molecule has 0 bridgehead atoms. The van der Waals surface area contributed by atoms with Gasteiger partial charge in [-0.2, -0.15) is 0 Å². The first kappa shape index (κ1) is 20.9. The lowest BCUT2D eigenvalue weighted by Crippen LogP contribution is -2.41. The first-order valence-corrected chi connectivity index (χ1v) is 9.84. The summed E-state index contributed by atoms with van der Waals surface area (Å²) in [5.74, 6) is -1.29. The van der Waals surface area contributed by atoms with Gasteiger partial charge in [0.05, 0.1) is 11.7 Å². The highest BCUT2D eigenvalue weighted by Crippen LogP contribution is 2.30. The molecule has 32 heavy (non-hydrogen) atoms. The van der Waals surface area contributed by atoms with E-state index in [1.165, 1.54) is 12.1 Å². The van der Waals surface area contributed by atoms with Gasteiger partial charge in [-0.1, -0.05) is 36.4 Å². The fourth-order valence-electron chi connectivity index (χ4n) is 3.65. The number of primary amides is 1. The van der Waals surface area contributed by atoms with Crippen LogP contribution >= 0.6 is 0 Å². The number of aromatic nitrogens is 3. The van der Waals surface area contributed by atoms with Crippen LogP contribution in [0.3, 0.4) is 0 Å². The van der Waals surface area contributed by atoms with E-state index in [1.807, 2.05) is 30.3 Å². The predicted molar refractivity (Wildman–Crippen MR) is 118 cm³/mol. The lowest BCUT2D eigenvalue weighted by atomic mass is 9.94. The lowest BCUT2D eigenvalue weighted by Gasteiger charge is -2.22. The Bertz CT molecular complexity index is 1350. The summed E-state index contributed by atoms with van der Waals surface area (Å²) in [7, 11) is 0. The normalized spacial score (nSPS) is 11.8. The van der Waals surface area contributed by atoms with Gasteiger partial charge in [-0.3, -0.25) is 19.1 Å². The summed E-state index contributed by atoms with van der Waals surface area (Å²) in [5, 5.41) is 0. The number of hydrogen-bond acceptors (Lipinski definition) is 4. The highest BCUT2D eigenvalue weighted by Gasteiger charge is 2.23. The van der Waals surface area contributed by atoms with Gasteiger partial charge in [-0.15, -0.1) is 0 Å². The SMILES string of the molecule is NC(=O)c1cc(=O)n(C(Cc2ccccc2)c2cccnc2-c2ccc(F)cc2)c(=O)[nH]1. The number of rotatable bonds is 6. The van der Waals surface area contributed by atoms with Gasteiger partial charge in [0.15, 0.2) is 0 Å². The molecule has 2 aromatic heterocycles. The Morgan fingerprint density at radius 1 is 1.03 bits per heavy atom. The molecule has 0 aliphatic carbocycles. The zero-order valence-corrected chi connectivity index (χ0v) is 16.9. The Morgan fingerprint density at radius 2 is 1.75 bits per heavy atom. The van der Waals surface area contributed by atoms with E-state index in [2.05, 4.69) is 9.97 Å². The molecule has 1 atom stereocenters. The quantitative estimate of drug-likeness (QED) is 0.490. The molecule has 0 radical (unpaired) electrons. The molecular formula is C24H19FN4O3. The second kappa shape index (κ2) is 8.81. The number of benzene rings is 2. The summed E-state index contributed by atoms with van der Waals surface area (Å²) < 4.78 is 14.5. The number of nitrogens with two attached hydrogens (primary N) is 1. The van der Waals surface area contributed by atoms with Gasteiger partial charge in [-0.25, -0.2) is 9.18 Å². The van der Waals surface area contributed by atoms with E-state index in [0.717, 1.165) is 16.2 Å². The van der Waals surface area contributed by atoms with Crippen molar-refractivity contribution >= 4 is 5.91 Å². The topological polar surface area (TPSA) is 111 Å². The van der Waals surface area contributed by atoms with E-state index < -0.39 is 23.2 Å². The van der Waals surface area contributed by atoms with Crippen molar-refractivity contribution in [3.8, 4) is 11.3 Å². The van der Waals surface area contributed by atoms with E-state index in [4.69, 9.17) is 5.73 Å². The van der Waals surface area contributed by atoms with Gasteiger partial charge in [0.25, 0.3) is 11.5 Å². The Hall–Kier alpha value is -4.33. The zero-order chi connectivity index (χ0) is 22.7. The number of carbonyl (C=O) groups excluding carboxylic acids is 1. The second-order valence-electron chi connectivity index (χ2n) is 7.21. The van der Waals surface area contributed by atoms with E-state index in [-0.39, 0.29) is 11.5 Å². The van der Waals surface area contributed by atoms with Crippen LogP contribution < -0.4 is 17.0 Å². The van der Waals surface area contributed by atoms with Crippen LogP contribution in [0.5, 0.6) is 0 Å². The molecule has 0 saturated carbocycles. The predicted octanol–water partition coefficient (Wildman–Crippen LogP) is 2.67. The minimum absolute atomic E-state index is 0.264. The fourth-order valence-corrected chi connectivity index (χ4v) is 3.65. The first-order valence-electron chi connectivity index (χ1n) is 9.84. The summed E-state index contributed by atoms with van der Waals surface area (Å²) in [4.78, 5) is 44.1. The monoisotopic (exact) mass is 430 g/mol. The summed E-state index contributed by atoms with van der Waals surface area (Å²) in [6.45, 7) is 0. The summed E-state index contributed by atoms with van der Waals surface area (Å²) in [6.07, 6.45) is 1.89. The number of carbonyl (C=O) groups is 1. The van der Waals surface area contributed by atoms with Crippen molar-refractivity contribution in [1.29, 1.82) is 0 Å². The van der Waals surface area contributed by atoms with E-state index in [1.54, 1.807) is 30.5 Å². The van der Waals surface area contributed by atoms with Gasteiger partial charge in [0.2, 0.25) is 0 Å². The van der Waals surface area contributed by atoms with Crippen LogP contribution in [0.25, 0.3) is 11.3 Å². The van der Waals surface area contributed by atoms with Crippen LogP contribution in [-0.2, 0) is 6.42 Å². The van der Waals surface area contributed by atoms with Gasteiger partial charge in [-0.05, 0) is 42.3 Å². The summed E-state index contributed by atoms with van der Waals surface area (Å²) in [6, 6.07) is 18.9. The van der Waals surface area contributed by atoms with Crippen molar-refractivity contribution in [2.75, 3.05) is 0 Å². The Kier molecular flexibility index (Phi) is 5.76. The standard InChI is InChI=1S/C24H19FN4O3/c25-17-10-8-16(9-11-17)22-18(7-4-12-27-22)20(13-15-5-2-1-3-6-15)29-21(30)14-19(23(26)31)28-24(29)32/h1-12,14,20H,13H2,(H2,26,31)(H,28,32). The third-order valence-electron chi connectivity index (χ3n) is 5.13. The first-order chi connectivity index (χ1) is 15.4. The molecule has 0 aliphatic rings. The van der Waals surface area contributed by atoms with Crippen molar-refractivity contribution in [1.82, 2.24) is 14.5 Å². The molecule has 0 saturated heterocycles. The van der Waals surface area contributed by atoms with Gasteiger partial charge < -0.3 is 10.7 Å². The molecule has 0 aliphatic heterocycles. The van der Waals surface area contributed by atoms with Crippen molar-refractivity contribution in [3.63, 3.8) is 0 Å². The number of halogens is 1. The zero-order valence-electron chi connectivity index (χ0n) is 16.9. The maximum atomic E-state index is 13.5. The number of aromatic amines is 1. The summed E-state index contributed by atoms with van der Waals surface area (Å²) >= 11 is 0. The molecule has 4 aromatic rings. The van der Waals surface area contributed by atoms with E-state index in [9.17, 15) is 18.8 Å². The number of nitrogens with zero attached hydrogens (tertiary/aromatic N) is 2. The highest BCUT2D eigenvalue weighted by molar-refractivity contribution is 5.90. The molecular weight excluding hydrogens is 411 g/mol. The molecule has 0 spiro atoms. The molecule has 2 heterocycles. The summed E-state index contributed by atoms with van der Waals surface area (Å²) in [5.41, 5.74) is 6.17. The molecule has 3 N–H and O–H groups in total. The van der Waals surface area contributed by atoms with Gasteiger partial charge >= 0.3 is 5.69 Å². The molecule has 1 unspecified atom stereocenters. The molecule has 1 amide bonds. The Labute approximate surface area is 182 Å². The maximum absolute atomic E-state index is 13.5. The lowest BCUT2D eigenvalue weighted by molar-refractivity contribution is 0.0994. The highest BCUT2D eigenvalue weighted by atomic mass is 19.1. The number of amides is 1. The van der Waals surface area contributed by atoms with Gasteiger partial charge in [0.1, 0.15) is 11.5 Å². The van der Waals surface area contributed by atoms with Gasteiger partial charge in [0, 0.05) is 23.4 Å². The molecule has 4 rings (SSSR count). The van der Waals surface area contributed by atoms with Crippen LogP contribution in [0.15, 0.2) is 88.6 Å². The van der Waals surface area contributed by atoms with Crippen molar-refractivity contribution in [2.24, 2.45) is 5.73 Å². The van der Waals surface area contributed by atoms with E-state index >= 15 is 0 Å². The molecule has 2 aromatic carbocycles. The van der Waals surface area contributed by atoms with Crippen molar-refractivity contribution in [2.45, 2.75) is 12.5 Å². The van der Waals surface area contributed by atoms with Crippen LogP contribution in [0.1, 0.15) is 27.7 Å². The number of pyridine rings is 1. The molecule has 7 nitrogen and oxygen atoms in total. The number of nitrogens with one attached hydrogen (secondary N) is 1. The molecule has 8 heteroatoms. The fraction of sp³-hybridized carbons (Fsp3) is 0.0833. The second-order valence-corrected chi connectivity index (χ2v) is 7.21.